The van der Waals surface area contributed by atoms with Crippen LogP contribution in [0.4, 0.5) is 10.1 Å². The predicted octanol–water partition coefficient (Wildman–Crippen LogP) is 0.992. The van der Waals surface area contributed by atoms with Gasteiger partial charge in [0.25, 0.3) is 0 Å². The van der Waals surface area contributed by atoms with Gasteiger partial charge in [0.2, 0.25) is 20.0 Å². The normalized spacial score (nSPS) is 19.5. The number of nitrogens with one attached hydrogen (secondary N) is 2. The van der Waals surface area contributed by atoms with Crippen LogP contribution in [0, 0.1) is 5.82 Å². The molecule has 2 rings (SSSR count). The molecule has 1 aromatic rings. The maximum atomic E-state index is 14.1. The van der Waals surface area contributed by atoms with Crippen LogP contribution in [0.5, 0.6) is 0 Å². The molecule has 0 radical (unpaired) electrons. The van der Waals surface area contributed by atoms with Crippen molar-refractivity contribution in [3.05, 3.63) is 24.0 Å². The Morgan fingerprint density at radius 1 is 1.33 bits per heavy atom. The Morgan fingerprint density at radius 3 is 2.54 bits per heavy atom. The smallest absolute Gasteiger partial charge is 0.243 e. The molecule has 24 heavy (non-hydrogen) atoms. The standard InChI is InChI=1S/C13H20FN3O4S2.ClH/c1-3-22(18,19)16-13-5-4-11(8-12(13)14)23(20,21)17-7-6-15-10(2)9-17;/h4-5,8,10,15-16H,3,6-7,9H2,1-2H3;1H. The van der Waals surface area contributed by atoms with Crippen molar-refractivity contribution in [2.24, 2.45) is 0 Å². The van der Waals surface area contributed by atoms with Gasteiger partial charge < -0.3 is 5.32 Å². The molecule has 1 atom stereocenters. The quantitative estimate of drug-likeness (QED) is 0.767. The van der Waals surface area contributed by atoms with E-state index >= 15 is 0 Å². The number of benzene rings is 1. The summed E-state index contributed by atoms with van der Waals surface area (Å²) in [6.07, 6.45) is 0. The summed E-state index contributed by atoms with van der Waals surface area (Å²) in [5.74, 6) is -1.13. The Labute approximate surface area is 148 Å². The number of rotatable bonds is 5. The van der Waals surface area contributed by atoms with E-state index in [4.69, 9.17) is 0 Å². The number of piperazine rings is 1. The monoisotopic (exact) mass is 401 g/mol. The molecule has 1 aromatic carbocycles. The van der Waals surface area contributed by atoms with E-state index in [1.165, 1.54) is 17.3 Å². The maximum Gasteiger partial charge on any atom is 0.243 e. The Balaban J connectivity index is 0.00000288. The number of halogens is 2. The van der Waals surface area contributed by atoms with Gasteiger partial charge in [-0.25, -0.2) is 21.2 Å². The average Bonchev–Trinajstić information content (AvgIpc) is 2.49. The van der Waals surface area contributed by atoms with Crippen molar-refractivity contribution in [1.29, 1.82) is 0 Å². The van der Waals surface area contributed by atoms with Gasteiger partial charge in [-0.1, -0.05) is 0 Å². The first kappa shape index (κ1) is 21.1. The minimum Gasteiger partial charge on any atom is -0.312 e. The highest BCUT2D eigenvalue weighted by Crippen LogP contribution is 2.23. The molecule has 138 valence electrons. The van der Waals surface area contributed by atoms with Gasteiger partial charge in [0.15, 0.2) is 0 Å². The third-order valence-corrected chi connectivity index (χ3v) is 6.71. The average molecular weight is 402 g/mol. The molecule has 1 heterocycles. The first-order valence-electron chi connectivity index (χ1n) is 7.19. The lowest BCUT2D eigenvalue weighted by molar-refractivity contribution is 0.310. The van der Waals surface area contributed by atoms with Gasteiger partial charge in [-0.3, -0.25) is 4.72 Å². The van der Waals surface area contributed by atoms with Crippen LogP contribution in [0.25, 0.3) is 0 Å². The molecule has 1 unspecified atom stereocenters. The van der Waals surface area contributed by atoms with Crippen LogP contribution >= 0.6 is 12.4 Å². The molecule has 7 nitrogen and oxygen atoms in total. The highest BCUT2D eigenvalue weighted by molar-refractivity contribution is 7.92. The molecular formula is C13H21ClFN3O4S2. The summed E-state index contributed by atoms with van der Waals surface area (Å²) in [7, 11) is -7.44. The van der Waals surface area contributed by atoms with Crippen LogP contribution in [0.1, 0.15) is 13.8 Å². The summed E-state index contributed by atoms with van der Waals surface area (Å²) >= 11 is 0. The lowest BCUT2D eigenvalue weighted by atomic mass is 10.3. The number of hydrogen-bond acceptors (Lipinski definition) is 5. The van der Waals surface area contributed by atoms with Crippen LogP contribution in [0.3, 0.4) is 0 Å². The van der Waals surface area contributed by atoms with E-state index in [9.17, 15) is 21.2 Å². The maximum absolute atomic E-state index is 14.1. The van der Waals surface area contributed by atoms with Gasteiger partial charge in [-0.2, -0.15) is 4.31 Å². The summed E-state index contributed by atoms with van der Waals surface area (Å²) in [4.78, 5) is -0.191. The third-order valence-electron chi connectivity index (χ3n) is 3.56. The zero-order valence-corrected chi connectivity index (χ0v) is 15.8. The van der Waals surface area contributed by atoms with Crippen molar-refractivity contribution in [1.82, 2.24) is 9.62 Å². The summed E-state index contributed by atoms with van der Waals surface area (Å²) < 4.78 is 65.5. The highest BCUT2D eigenvalue weighted by Gasteiger charge is 2.29. The molecule has 2 N–H and O–H groups in total. The van der Waals surface area contributed by atoms with Gasteiger partial charge in [0, 0.05) is 25.7 Å². The Bertz CT molecular complexity index is 786. The number of anilines is 1. The zero-order chi connectivity index (χ0) is 17.3. The van der Waals surface area contributed by atoms with Crippen molar-refractivity contribution in [2.75, 3.05) is 30.1 Å². The summed E-state index contributed by atoms with van der Waals surface area (Å²) in [5, 5.41) is 3.13. The molecule has 0 spiro atoms. The van der Waals surface area contributed by atoms with E-state index < -0.39 is 25.9 Å². The molecule has 0 amide bonds. The lowest BCUT2D eigenvalue weighted by Crippen LogP contribution is -2.51. The lowest BCUT2D eigenvalue weighted by Gasteiger charge is -2.31. The second-order valence-electron chi connectivity index (χ2n) is 5.37. The molecule has 1 fully saturated rings. The first-order chi connectivity index (χ1) is 10.7. The SMILES string of the molecule is CCS(=O)(=O)Nc1ccc(S(=O)(=O)N2CCNC(C)C2)cc1F.Cl. The topological polar surface area (TPSA) is 95.6 Å². The molecule has 1 saturated heterocycles. The van der Waals surface area contributed by atoms with Crippen molar-refractivity contribution < 1.29 is 21.2 Å². The molecular weight excluding hydrogens is 381 g/mol. The molecule has 0 saturated carbocycles. The fourth-order valence-corrected chi connectivity index (χ4v) is 4.43. The van der Waals surface area contributed by atoms with Gasteiger partial charge in [-0.15, -0.1) is 12.4 Å². The van der Waals surface area contributed by atoms with Crippen LogP contribution in [-0.2, 0) is 20.0 Å². The highest BCUT2D eigenvalue weighted by atomic mass is 35.5. The van der Waals surface area contributed by atoms with E-state index in [0.29, 0.717) is 19.6 Å². The van der Waals surface area contributed by atoms with Gasteiger partial charge in [-0.05, 0) is 32.0 Å². The molecule has 0 aliphatic carbocycles. The minimum absolute atomic E-state index is 0. The number of hydrogen-bond donors (Lipinski definition) is 2. The second kappa shape index (κ2) is 7.96. The molecule has 1 aliphatic heterocycles. The fraction of sp³-hybridized carbons (Fsp3) is 0.538. The predicted molar refractivity (Wildman–Crippen MR) is 93.0 cm³/mol. The minimum atomic E-state index is -3.81. The van der Waals surface area contributed by atoms with Crippen LogP contribution in [0.15, 0.2) is 23.1 Å². The van der Waals surface area contributed by atoms with Crippen molar-refractivity contribution in [3.63, 3.8) is 0 Å². The summed E-state index contributed by atoms with van der Waals surface area (Å²) in [5.41, 5.74) is -0.264. The van der Waals surface area contributed by atoms with Crippen LogP contribution in [-0.4, -0.2) is 52.6 Å². The van der Waals surface area contributed by atoms with Gasteiger partial charge >= 0.3 is 0 Å². The second-order valence-corrected chi connectivity index (χ2v) is 9.31. The van der Waals surface area contributed by atoms with Crippen molar-refractivity contribution in [3.8, 4) is 0 Å². The van der Waals surface area contributed by atoms with Crippen LogP contribution in [0.2, 0.25) is 0 Å². The van der Waals surface area contributed by atoms with E-state index in [1.54, 1.807) is 0 Å². The van der Waals surface area contributed by atoms with Gasteiger partial charge in [0.1, 0.15) is 5.82 Å². The van der Waals surface area contributed by atoms with Crippen molar-refractivity contribution >= 4 is 38.1 Å². The number of sulfonamides is 2. The molecule has 0 aromatic heterocycles. The molecule has 1 aliphatic rings. The van der Waals surface area contributed by atoms with E-state index in [0.717, 1.165) is 12.1 Å². The third kappa shape index (κ3) is 4.79. The summed E-state index contributed by atoms with van der Waals surface area (Å²) in [6, 6.07) is 3.19. The van der Waals surface area contributed by atoms with Crippen molar-refractivity contribution in [2.45, 2.75) is 24.8 Å². The first-order valence-corrected chi connectivity index (χ1v) is 10.3. The fourth-order valence-electron chi connectivity index (χ4n) is 2.24. The zero-order valence-electron chi connectivity index (χ0n) is 13.3. The Hall–Kier alpha value is -0.940. The summed E-state index contributed by atoms with van der Waals surface area (Å²) in [6.45, 7) is 4.42. The molecule has 11 heteroatoms. The number of nitrogens with zero attached hydrogens (tertiary/aromatic N) is 1. The van der Waals surface area contributed by atoms with E-state index in [-0.39, 0.29) is 34.8 Å². The van der Waals surface area contributed by atoms with E-state index in [1.807, 2.05) is 6.92 Å². The van der Waals surface area contributed by atoms with Crippen LogP contribution < -0.4 is 10.0 Å². The Kier molecular flexibility index (Phi) is 7.00. The molecule has 0 bridgehead atoms. The van der Waals surface area contributed by atoms with E-state index in [2.05, 4.69) is 10.0 Å². The Morgan fingerprint density at radius 2 is 2.00 bits per heavy atom. The largest absolute Gasteiger partial charge is 0.312 e. The van der Waals surface area contributed by atoms with Gasteiger partial charge in [0.05, 0.1) is 16.3 Å².